The van der Waals surface area contributed by atoms with Crippen LogP contribution in [-0.2, 0) is 26.0 Å². The Morgan fingerprint density at radius 1 is 1.03 bits per heavy atom. The molecule has 0 bridgehead atoms. The minimum absolute atomic E-state index is 0.215. The van der Waals surface area contributed by atoms with Crippen LogP contribution in [0.3, 0.4) is 0 Å². The number of Topliss-reactive ketones (excluding diaryl/α,β-unsaturated/α-hetero) is 1. The Morgan fingerprint density at radius 2 is 1.70 bits per heavy atom. The van der Waals surface area contributed by atoms with E-state index in [1.54, 1.807) is 26.0 Å². The predicted octanol–water partition coefficient (Wildman–Crippen LogP) is 2.25. The highest BCUT2D eigenvalue weighted by Gasteiger charge is 2.29. The SMILES string of the molecule is CCNC(=O)[C@H](C)N(CCc1ccccc1)C(=O)CN(c1cccc(C(C)=O)c1)S(C)(=O)=O. The standard InChI is InChI=1S/C24H31N3O5S/c1-5-25-24(30)18(2)26(15-14-20-10-7-6-8-11-20)23(29)17-27(33(4,31)32)22-13-9-12-21(16-22)19(3)28/h6-13,16,18H,5,14-15,17H2,1-4H3,(H,25,30)/t18-/m0/s1. The topological polar surface area (TPSA) is 104 Å². The first-order valence-corrected chi connectivity index (χ1v) is 12.6. The Morgan fingerprint density at radius 3 is 2.27 bits per heavy atom. The lowest BCUT2D eigenvalue weighted by atomic mass is 10.1. The number of nitrogens with zero attached hydrogens (tertiary/aromatic N) is 2. The molecule has 1 atom stereocenters. The fraction of sp³-hybridized carbons (Fsp3) is 0.375. The molecule has 2 amide bonds. The second kappa shape index (κ2) is 11.6. The van der Waals surface area contributed by atoms with Gasteiger partial charge in [0.25, 0.3) is 0 Å². The van der Waals surface area contributed by atoms with Gasteiger partial charge >= 0.3 is 0 Å². The maximum Gasteiger partial charge on any atom is 0.244 e. The summed E-state index contributed by atoms with van der Waals surface area (Å²) >= 11 is 0. The third-order valence-electron chi connectivity index (χ3n) is 5.22. The van der Waals surface area contributed by atoms with Gasteiger partial charge in [0.1, 0.15) is 12.6 Å². The minimum atomic E-state index is -3.84. The zero-order valence-electron chi connectivity index (χ0n) is 19.4. The van der Waals surface area contributed by atoms with Gasteiger partial charge in [-0.3, -0.25) is 18.7 Å². The summed E-state index contributed by atoms with van der Waals surface area (Å²) in [6, 6.07) is 14.9. The van der Waals surface area contributed by atoms with Crippen molar-refractivity contribution >= 4 is 33.3 Å². The first-order valence-electron chi connectivity index (χ1n) is 10.7. The summed E-state index contributed by atoms with van der Waals surface area (Å²) in [5, 5.41) is 2.71. The lowest BCUT2D eigenvalue weighted by Gasteiger charge is -2.31. The van der Waals surface area contributed by atoms with E-state index in [4.69, 9.17) is 0 Å². The molecule has 0 aliphatic carbocycles. The fourth-order valence-corrected chi connectivity index (χ4v) is 4.23. The van der Waals surface area contributed by atoms with E-state index in [-0.39, 0.29) is 23.9 Å². The van der Waals surface area contributed by atoms with Crippen LogP contribution in [0.5, 0.6) is 0 Å². The molecule has 0 saturated heterocycles. The average molecular weight is 474 g/mol. The molecule has 2 rings (SSSR count). The van der Waals surface area contributed by atoms with Crippen LogP contribution in [0.15, 0.2) is 54.6 Å². The van der Waals surface area contributed by atoms with Gasteiger partial charge in [-0.2, -0.15) is 0 Å². The van der Waals surface area contributed by atoms with Gasteiger partial charge in [-0.15, -0.1) is 0 Å². The van der Waals surface area contributed by atoms with Gasteiger partial charge in [-0.05, 0) is 44.9 Å². The molecule has 33 heavy (non-hydrogen) atoms. The Hall–Kier alpha value is -3.20. The monoisotopic (exact) mass is 473 g/mol. The van der Waals surface area contributed by atoms with Crippen LogP contribution in [0.25, 0.3) is 0 Å². The summed E-state index contributed by atoms with van der Waals surface area (Å²) in [7, 11) is -3.84. The molecule has 0 saturated carbocycles. The fourth-order valence-electron chi connectivity index (χ4n) is 3.39. The van der Waals surface area contributed by atoms with Crippen LogP contribution in [0.4, 0.5) is 5.69 Å². The number of carbonyl (C=O) groups is 3. The van der Waals surface area contributed by atoms with Crippen LogP contribution < -0.4 is 9.62 Å². The van der Waals surface area contributed by atoms with E-state index in [1.807, 2.05) is 30.3 Å². The van der Waals surface area contributed by atoms with Gasteiger partial charge < -0.3 is 10.2 Å². The number of hydrogen-bond acceptors (Lipinski definition) is 5. The van der Waals surface area contributed by atoms with E-state index < -0.39 is 28.5 Å². The van der Waals surface area contributed by atoms with Crippen molar-refractivity contribution in [3.05, 3.63) is 65.7 Å². The zero-order valence-corrected chi connectivity index (χ0v) is 20.3. The maximum atomic E-state index is 13.3. The largest absolute Gasteiger partial charge is 0.355 e. The number of hydrogen-bond donors (Lipinski definition) is 1. The maximum absolute atomic E-state index is 13.3. The van der Waals surface area contributed by atoms with Gasteiger partial charge in [0, 0.05) is 18.7 Å². The van der Waals surface area contributed by atoms with Gasteiger partial charge in [0.05, 0.1) is 11.9 Å². The summed E-state index contributed by atoms with van der Waals surface area (Å²) in [6.45, 7) is 4.96. The summed E-state index contributed by atoms with van der Waals surface area (Å²) in [4.78, 5) is 39.0. The molecule has 0 radical (unpaired) electrons. The Bertz CT molecular complexity index is 1090. The van der Waals surface area contributed by atoms with Crippen molar-refractivity contribution in [1.82, 2.24) is 10.2 Å². The number of benzene rings is 2. The molecular weight excluding hydrogens is 442 g/mol. The number of ketones is 1. The van der Waals surface area contributed by atoms with Gasteiger partial charge in [-0.25, -0.2) is 8.42 Å². The first kappa shape index (κ1) is 26.1. The van der Waals surface area contributed by atoms with E-state index >= 15 is 0 Å². The molecule has 0 unspecified atom stereocenters. The van der Waals surface area contributed by atoms with Crippen molar-refractivity contribution in [3.8, 4) is 0 Å². The normalized spacial score (nSPS) is 12.0. The molecular formula is C24H31N3O5S. The minimum Gasteiger partial charge on any atom is -0.355 e. The van der Waals surface area contributed by atoms with Crippen LogP contribution in [0, 0.1) is 0 Å². The zero-order chi connectivity index (χ0) is 24.6. The number of nitrogens with one attached hydrogen (secondary N) is 1. The number of likely N-dealkylation sites (N-methyl/N-ethyl adjacent to an activating group) is 1. The van der Waals surface area contributed by atoms with E-state index in [0.29, 0.717) is 18.5 Å². The van der Waals surface area contributed by atoms with Gasteiger partial charge in [-0.1, -0.05) is 42.5 Å². The molecule has 1 N–H and O–H groups in total. The van der Waals surface area contributed by atoms with Gasteiger partial charge in [0.15, 0.2) is 5.78 Å². The van der Waals surface area contributed by atoms with Gasteiger partial charge in [0.2, 0.25) is 21.8 Å². The molecule has 0 fully saturated rings. The molecule has 0 spiro atoms. The van der Waals surface area contributed by atoms with Crippen molar-refractivity contribution < 1.29 is 22.8 Å². The predicted molar refractivity (Wildman–Crippen MR) is 129 cm³/mol. The molecule has 0 aromatic heterocycles. The molecule has 2 aromatic rings. The highest BCUT2D eigenvalue weighted by Crippen LogP contribution is 2.20. The van der Waals surface area contributed by atoms with E-state index in [1.165, 1.54) is 24.0 Å². The average Bonchev–Trinajstić information content (AvgIpc) is 2.77. The summed E-state index contributed by atoms with van der Waals surface area (Å²) in [6.07, 6.45) is 1.51. The highest BCUT2D eigenvalue weighted by molar-refractivity contribution is 7.92. The Kier molecular flexibility index (Phi) is 9.16. The smallest absolute Gasteiger partial charge is 0.244 e. The highest BCUT2D eigenvalue weighted by atomic mass is 32.2. The van der Waals surface area contributed by atoms with Crippen LogP contribution in [0.1, 0.15) is 36.7 Å². The Balaban J connectivity index is 2.34. The number of amides is 2. The molecule has 0 heterocycles. The quantitative estimate of drug-likeness (QED) is 0.504. The summed E-state index contributed by atoms with van der Waals surface area (Å²) in [5.41, 5.74) is 1.55. The second-order valence-electron chi connectivity index (χ2n) is 7.77. The first-order chi connectivity index (χ1) is 15.5. The van der Waals surface area contributed by atoms with Crippen LogP contribution in [-0.4, -0.2) is 62.8 Å². The molecule has 2 aromatic carbocycles. The number of sulfonamides is 1. The third kappa shape index (κ3) is 7.42. The van der Waals surface area contributed by atoms with E-state index in [2.05, 4.69) is 5.32 Å². The van der Waals surface area contributed by atoms with Crippen molar-refractivity contribution in [3.63, 3.8) is 0 Å². The van der Waals surface area contributed by atoms with Crippen LogP contribution in [0.2, 0.25) is 0 Å². The lowest BCUT2D eigenvalue weighted by Crippen LogP contribution is -2.52. The number of anilines is 1. The molecule has 9 heteroatoms. The summed E-state index contributed by atoms with van der Waals surface area (Å²) < 4.78 is 26.1. The Labute approximate surface area is 195 Å². The van der Waals surface area contributed by atoms with E-state index in [9.17, 15) is 22.8 Å². The molecule has 0 aliphatic heterocycles. The van der Waals surface area contributed by atoms with Crippen molar-refractivity contribution in [2.45, 2.75) is 33.2 Å². The molecule has 8 nitrogen and oxygen atoms in total. The van der Waals surface area contributed by atoms with E-state index in [0.717, 1.165) is 16.1 Å². The van der Waals surface area contributed by atoms with Crippen molar-refractivity contribution in [2.24, 2.45) is 0 Å². The van der Waals surface area contributed by atoms with Crippen molar-refractivity contribution in [1.29, 1.82) is 0 Å². The second-order valence-corrected chi connectivity index (χ2v) is 9.68. The molecule has 178 valence electrons. The number of carbonyl (C=O) groups excluding carboxylic acids is 3. The molecule has 0 aliphatic rings. The lowest BCUT2D eigenvalue weighted by molar-refractivity contribution is -0.138. The summed E-state index contributed by atoms with van der Waals surface area (Å²) in [5.74, 6) is -1.04. The third-order valence-corrected chi connectivity index (χ3v) is 6.36. The van der Waals surface area contributed by atoms with Crippen LogP contribution >= 0.6 is 0 Å². The van der Waals surface area contributed by atoms with Crippen molar-refractivity contribution in [2.75, 3.05) is 30.2 Å². The number of rotatable bonds is 11.